The molecule has 3 rings (SSSR count). The molecule has 1 aromatic carbocycles. The van der Waals surface area contributed by atoms with Crippen LogP contribution in [0.3, 0.4) is 0 Å². The summed E-state index contributed by atoms with van der Waals surface area (Å²) in [6, 6.07) is 5.84. The Bertz CT molecular complexity index is 921. The zero-order valence-electron chi connectivity index (χ0n) is 11.6. The molecule has 0 spiro atoms. The van der Waals surface area contributed by atoms with Crippen molar-refractivity contribution in [3.8, 4) is 11.8 Å². The first-order valence-corrected chi connectivity index (χ1v) is 6.51. The second-order valence-corrected chi connectivity index (χ2v) is 4.48. The lowest BCUT2D eigenvalue weighted by Gasteiger charge is -2.06. The minimum absolute atomic E-state index is 0.238. The van der Waals surface area contributed by atoms with Crippen LogP contribution in [0.15, 0.2) is 36.8 Å². The number of nitrogens with zero attached hydrogens (tertiary/aromatic N) is 2. The summed E-state index contributed by atoms with van der Waals surface area (Å²) in [4.78, 5) is 23.3. The van der Waals surface area contributed by atoms with E-state index < -0.39 is 5.82 Å². The van der Waals surface area contributed by atoms with Gasteiger partial charge in [0, 0.05) is 11.9 Å². The zero-order valence-corrected chi connectivity index (χ0v) is 11.6. The van der Waals surface area contributed by atoms with E-state index in [1.807, 2.05) is 0 Å². The van der Waals surface area contributed by atoms with E-state index in [-0.39, 0.29) is 11.5 Å². The molecular formula is C16H11FN4O. The van der Waals surface area contributed by atoms with E-state index in [0.717, 1.165) is 0 Å². The molecule has 1 amide bonds. The minimum Gasteiger partial charge on any atom is -0.343 e. The van der Waals surface area contributed by atoms with Crippen LogP contribution < -0.4 is 5.32 Å². The number of nitrogens with one attached hydrogen (secondary N) is 2. The molecule has 2 heterocycles. The highest BCUT2D eigenvalue weighted by Gasteiger charge is 2.13. The van der Waals surface area contributed by atoms with Gasteiger partial charge in [0.1, 0.15) is 5.82 Å². The zero-order chi connectivity index (χ0) is 15.5. The van der Waals surface area contributed by atoms with Crippen molar-refractivity contribution in [1.82, 2.24) is 15.0 Å². The molecular weight excluding hydrogens is 283 g/mol. The maximum Gasteiger partial charge on any atom is 0.257 e. The highest BCUT2D eigenvalue weighted by molar-refractivity contribution is 6.10. The van der Waals surface area contributed by atoms with E-state index in [9.17, 15) is 9.18 Å². The molecule has 2 aromatic heterocycles. The fourth-order valence-corrected chi connectivity index (χ4v) is 2.07. The number of benzene rings is 1. The molecule has 0 radical (unpaired) electrons. The van der Waals surface area contributed by atoms with Gasteiger partial charge in [0.2, 0.25) is 0 Å². The van der Waals surface area contributed by atoms with Crippen LogP contribution in [0.1, 0.15) is 22.8 Å². The molecule has 0 unspecified atom stereocenters. The Balaban J connectivity index is 1.92. The second kappa shape index (κ2) is 5.66. The van der Waals surface area contributed by atoms with Crippen LogP contribution in [0, 0.1) is 17.7 Å². The monoisotopic (exact) mass is 294 g/mol. The number of fused-ring (bicyclic) bond motifs is 1. The SMILES string of the molecule is CC#Cc1cc(NC(=O)c2ccnc3nc[nH]c23)ccc1F. The van der Waals surface area contributed by atoms with Crippen molar-refractivity contribution in [1.29, 1.82) is 0 Å². The number of aromatic nitrogens is 3. The summed E-state index contributed by atoms with van der Waals surface area (Å²) in [6.45, 7) is 1.62. The molecule has 6 heteroatoms. The quantitative estimate of drug-likeness (QED) is 0.714. The highest BCUT2D eigenvalue weighted by Crippen LogP contribution is 2.17. The number of imidazole rings is 1. The van der Waals surface area contributed by atoms with Crippen LogP contribution in [0.25, 0.3) is 11.2 Å². The molecule has 108 valence electrons. The van der Waals surface area contributed by atoms with Crippen molar-refractivity contribution in [3.63, 3.8) is 0 Å². The number of hydrogen-bond acceptors (Lipinski definition) is 3. The number of H-pyrrole nitrogens is 1. The Kier molecular flexibility index (Phi) is 3.54. The van der Waals surface area contributed by atoms with Crippen molar-refractivity contribution >= 4 is 22.8 Å². The fourth-order valence-electron chi connectivity index (χ4n) is 2.07. The number of carbonyl (C=O) groups excluding carboxylic acids is 1. The van der Waals surface area contributed by atoms with Crippen molar-refractivity contribution in [2.24, 2.45) is 0 Å². The summed E-state index contributed by atoms with van der Waals surface area (Å²) in [6.07, 6.45) is 2.98. The lowest BCUT2D eigenvalue weighted by molar-refractivity contribution is 0.102. The van der Waals surface area contributed by atoms with Crippen LogP contribution >= 0.6 is 0 Å². The predicted molar refractivity (Wildman–Crippen MR) is 80.8 cm³/mol. The number of hydrogen-bond donors (Lipinski definition) is 2. The van der Waals surface area contributed by atoms with Gasteiger partial charge in [0.05, 0.1) is 23.0 Å². The first-order valence-electron chi connectivity index (χ1n) is 6.51. The average molecular weight is 294 g/mol. The summed E-state index contributed by atoms with van der Waals surface area (Å²) in [5.74, 6) is 4.53. The van der Waals surface area contributed by atoms with Gasteiger partial charge in [-0.25, -0.2) is 14.4 Å². The molecule has 2 N–H and O–H groups in total. The van der Waals surface area contributed by atoms with Crippen LogP contribution in [0.2, 0.25) is 0 Å². The highest BCUT2D eigenvalue weighted by atomic mass is 19.1. The van der Waals surface area contributed by atoms with Gasteiger partial charge in [0.25, 0.3) is 5.91 Å². The molecule has 0 saturated carbocycles. The van der Waals surface area contributed by atoms with E-state index in [4.69, 9.17) is 0 Å². The molecule has 0 aliphatic heterocycles. The third-order valence-corrected chi connectivity index (χ3v) is 3.06. The second-order valence-electron chi connectivity index (χ2n) is 4.48. The number of carbonyl (C=O) groups is 1. The first kappa shape index (κ1) is 13.8. The van der Waals surface area contributed by atoms with Gasteiger partial charge >= 0.3 is 0 Å². The van der Waals surface area contributed by atoms with E-state index >= 15 is 0 Å². The topological polar surface area (TPSA) is 70.7 Å². The Labute approximate surface area is 125 Å². The normalized spacial score (nSPS) is 10.1. The van der Waals surface area contributed by atoms with Gasteiger partial charge < -0.3 is 10.3 Å². The third kappa shape index (κ3) is 2.52. The number of amides is 1. The van der Waals surface area contributed by atoms with Gasteiger partial charge in [-0.3, -0.25) is 4.79 Å². The van der Waals surface area contributed by atoms with E-state index in [1.165, 1.54) is 30.7 Å². The standard InChI is InChI=1S/C16H11FN4O/c1-2-3-10-8-11(4-5-13(10)17)21-16(22)12-6-7-18-15-14(12)19-9-20-15/h4-9H,1H3,(H,21,22)(H,18,19,20). The van der Waals surface area contributed by atoms with Crippen molar-refractivity contribution < 1.29 is 9.18 Å². The third-order valence-electron chi connectivity index (χ3n) is 3.06. The van der Waals surface area contributed by atoms with Gasteiger partial charge in [-0.05, 0) is 31.2 Å². The van der Waals surface area contributed by atoms with Crippen molar-refractivity contribution in [2.45, 2.75) is 6.92 Å². The summed E-state index contributed by atoms with van der Waals surface area (Å²) in [7, 11) is 0. The minimum atomic E-state index is -0.424. The van der Waals surface area contributed by atoms with E-state index in [0.29, 0.717) is 22.4 Å². The first-order chi connectivity index (χ1) is 10.7. The van der Waals surface area contributed by atoms with E-state index in [1.54, 1.807) is 13.0 Å². The Morgan fingerprint density at radius 2 is 2.18 bits per heavy atom. The Hall–Kier alpha value is -3.20. The van der Waals surface area contributed by atoms with Crippen LogP contribution in [0.5, 0.6) is 0 Å². The number of aromatic amines is 1. The molecule has 0 saturated heterocycles. The summed E-state index contributed by atoms with van der Waals surface area (Å²) >= 11 is 0. The van der Waals surface area contributed by atoms with Crippen LogP contribution in [-0.4, -0.2) is 20.9 Å². The molecule has 22 heavy (non-hydrogen) atoms. The lowest BCUT2D eigenvalue weighted by atomic mass is 10.1. The van der Waals surface area contributed by atoms with Gasteiger partial charge in [0.15, 0.2) is 5.65 Å². The molecule has 0 aliphatic rings. The summed E-state index contributed by atoms with van der Waals surface area (Å²) in [5.41, 5.74) is 2.13. The van der Waals surface area contributed by atoms with Gasteiger partial charge in [-0.15, -0.1) is 5.92 Å². The van der Waals surface area contributed by atoms with Gasteiger partial charge in [-0.2, -0.15) is 0 Å². The average Bonchev–Trinajstić information content (AvgIpc) is 2.99. The fraction of sp³-hybridized carbons (Fsp3) is 0.0625. The van der Waals surface area contributed by atoms with Crippen LogP contribution in [-0.2, 0) is 0 Å². The smallest absolute Gasteiger partial charge is 0.257 e. The number of halogens is 1. The summed E-state index contributed by atoms with van der Waals surface area (Å²) in [5, 5.41) is 2.72. The maximum absolute atomic E-state index is 13.5. The largest absolute Gasteiger partial charge is 0.343 e. The molecule has 0 fully saturated rings. The number of anilines is 1. The molecule has 0 bridgehead atoms. The van der Waals surface area contributed by atoms with Crippen molar-refractivity contribution in [3.05, 3.63) is 53.7 Å². The Morgan fingerprint density at radius 3 is 3.00 bits per heavy atom. The van der Waals surface area contributed by atoms with Gasteiger partial charge in [-0.1, -0.05) is 5.92 Å². The lowest BCUT2D eigenvalue weighted by Crippen LogP contribution is -2.13. The number of pyridine rings is 1. The summed E-state index contributed by atoms with van der Waals surface area (Å²) < 4.78 is 13.5. The molecule has 0 aliphatic carbocycles. The maximum atomic E-state index is 13.5. The molecule has 3 aromatic rings. The van der Waals surface area contributed by atoms with E-state index in [2.05, 4.69) is 32.1 Å². The van der Waals surface area contributed by atoms with Crippen molar-refractivity contribution in [2.75, 3.05) is 5.32 Å². The molecule has 5 nitrogen and oxygen atoms in total. The van der Waals surface area contributed by atoms with Crippen LogP contribution in [0.4, 0.5) is 10.1 Å². The Morgan fingerprint density at radius 1 is 1.32 bits per heavy atom. The molecule has 0 atom stereocenters. The number of rotatable bonds is 2. The predicted octanol–water partition coefficient (Wildman–Crippen LogP) is 2.72.